The van der Waals surface area contributed by atoms with Gasteiger partial charge in [-0.05, 0) is 43.7 Å². The van der Waals surface area contributed by atoms with Gasteiger partial charge in [0.15, 0.2) is 0 Å². The van der Waals surface area contributed by atoms with E-state index in [-0.39, 0.29) is 5.60 Å². The molecule has 110 valence electrons. The molecule has 1 saturated carbocycles. The summed E-state index contributed by atoms with van der Waals surface area (Å²) >= 11 is 0. The minimum atomic E-state index is -0.414. The molecule has 1 aliphatic carbocycles. The van der Waals surface area contributed by atoms with E-state index in [1.165, 1.54) is 19.3 Å². The SMILES string of the molecule is CCC1CCC2(CC1)C[C@H](O)c1ccc(OC)cc1O2. The minimum Gasteiger partial charge on any atom is -0.497 e. The maximum absolute atomic E-state index is 10.4. The second-order valence-electron chi connectivity index (χ2n) is 6.26. The van der Waals surface area contributed by atoms with E-state index >= 15 is 0 Å². The van der Waals surface area contributed by atoms with Crippen LogP contribution >= 0.6 is 0 Å². The van der Waals surface area contributed by atoms with E-state index in [9.17, 15) is 5.11 Å². The van der Waals surface area contributed by atoms with Gasteiger partial charge in [0, 0.05) is 18.1 Å². The Balaban J connectivity index is 1.84. The highest BCUT2D eigenvalue weighted by molar-refractivity contribution is 5.44. The lowest BCUT2D eigenvalue weighted by molar-refractivity contribution is -0.0471. The molecule has 3 rings (SSSR count). The molecule has 1 atom stereocenters. The van der Waals surface area contributed by atoms with Crippen molar-refractivity contribution in [2.75, 3.05) is 7.11 Å². The van der Waals surface area contributed by atoms with Crippen LogP contribution in [0.25, 0.3) is 0 Å². The number of ether oxygens (including phenoxy) is 2. The monoisotopic (exact) mass is 276 g/mol. The summed E-state index contributed by atoms with van der Waals surface area (Å²) in [4.78, 5) is 0. The van der Waals surface area contributed by atoms with Gasteiger partial charge in [0.2, 0.25) is 0 Å². The number of fused-ring (bicyclic) bond motifs is 1. The lowest BCUT2D eigenvalue weighted by atomic mass is 9.73. The summed E-state index contributed by atoms with van der Waals surface area (Å²) in [7, 11) is 1.66. The Morgan fingerprint density at radius 1 is 1.35 bits per heavy atom. The van der Waals surface area contributed by atoms with E-state index in [0.29, 0.717) is 0 Å². The van der Waals surface area contributed by atoms with Crippen molar-refractivity contribution in [3.8, 4) is 11.5 Å². The van der Waals surface area contributed by atoms with Crippen LogP contribution in [0, 0.1) is 5.92 Å². The van der Waals surface area contributed by atoms with Crippen LogP contribution < -0.4 is 9.47 Å². The third-order valence-corrected chi connectivity index (χ3v) is 5.07. The minimum absolute atomic E-state index is 0.162. The molecule has 0 unspecified atom stereocenters. The molecule has 1 N–H and O–H groups in total. The van der Waals surface area contributed by atoms with Crippen LogP contribution in [0.2, 0.25) is 0 Å². The predicted molar refractivity (Wildman–Crippen MR) is 78.2 cm³/mol. The quantitative estimate of drug-likeness (QED) is 0.891. The van der Waals surface area contributed by atoms with Crippen molar-refractivity contribution in [2.24, 2.45) is 5.92 Å². The Labute approximate surface area is 120 Å². The molecule has 3 nitrogen and oxygen atoms in total. The summed E-state index contributed by atoms with van der Waals surface area (Å²) < 4.78 is 11.6. The van der Waals surface area contributed by atoms with Gasteiger partial charge >= 0.3 is 0 Å². The van der Waals surface area contributed by atoms with Crippen LogP contribution in [0.1, 0.15) is 57.1 Å². The molecule has 1 heterocycles. The Morgan fingerprint density at radius 2 is 2.10 bits per heavy atom. The number of aliphatic hydroxyl groups excluding tert-OH is 1. The zero-order valence-corrected chi connectivity index (χ0v) is 12.4. The first-order valence-electron chi connectivity index (χ1n) is 7.71. The van der Waals surface area contributed by atoms with Crippen LogP contribution in [-0.4, -0.2) is 17.8 Å². The van der Waals surface area contributed by atoms with Crippen molar-refractivity contribution < 1.29 is 14.6 Å². The number of hydrogen-bond acceptors (Lipinski definition) is 3. The molecular weight excluding hydrogens is 252 g/mol. The summed E-state index contributed by atoms with van der Waals surface area (Å²) in [5.74, 6) is 2.42. The maximum atomic E-state index is 10.4. The molecule has 1 spiro atoms. The van der Waals surface area contributed by atoms with Gasteiger partial charge in [-0.15, -0.1) is 0 Å². The van der Waals surface area contributed by atoms with E-state index in [4.69, 9.17) is 9.47 Å². The van der Waals surface area contributed by atoms with E-state index in [2.05, 4.69) is 6.92 Å². The average Bonchev–Trinajstić information content (AvgIpc) is 2.47. The van der Waals surface area contributed by atoms with Gasteiger partial charge in [-0.3, -0.25) is 0 Å². The predicted octanol–water partition coefficient (Wildman–Crippen LogP) is 3.85. The molecule has 0 aromatic heterocycles. The summed E-state index contributed by atoms with van der Waals surface area (Å²) in [6.07, 6.45) is 6.10. The van der Waals surface area contributed by atoms with Crippen LogP contribution in [0.4, 0.5) is 0 Å². The second kappa shape index (κ2) is 5.28. The fourth-order valence-corrected chi connectivity index (χ4v) is 3.66. The van der Waals surface area contributed by atoms with Gasteiger partial charge in [0.1, 0.15) is 17.1 Å². The van der Waals surface area contributed by atoms with Crippen molar-refractivity contribution in [3.63, 3.8) is 0 Å². The molecule has 1 aromatic carbocycles. The fraction of sp³-hybridized carbons (Fsp3) is 0.647. The molecule has 2 aliphatic rings. The van der Waals surface area contributed by atoms with Crippen molar-refractivity contribution in [3.05, 3.63) is 23.8 Å². The number of aliphatic hydroxyl groups is 1. The molecule has 0 radical (unpaired) electrons. The van der Waals surface area contributed by atoms with E-state index in [0.717, 1.165) is 42.2 Å². The largest absolute Gasteiger partial charge is 0.497 e. The lowest BCUT2D eigenvalue weighted by Crippen LogP contribution is -2.44. The highest BCUT2D eigenvalue weighted by Crippen LogP contribution is 2.48. The first kappa shape index (κ1) is 13.7. The highest BCUT2D eigenvalue weighted by Gasteiger charge is 2.42. The van der Waals surface area contributed by atoms with Crippen LogP contribution in [-0.2, 0) is 0 Å². The molecule has 20 heavy (non-hydrogen) atoms. The van der Waals surface area contributed by atoms with Gasteiger partial charge in [0.25, 0.3) is 0 Å². The summed E-state index contributed by atoms with van der Waals surface area (Å²) in [6.45, 7) is 2.26. The topological polar surface area (TPSA) is 38.7 Å². The zero-order chi connectivity index (χ0) is 14.2. The highest BCUT2D eigenvalue weighted by atomic mass is 16.5. The molecule has 0 amide bonds. The third kappa shape index (κ3) is 2.39. The van der Waals surface area contributed by atoms with Crippen molar-refractivity contribution in [2.45, 2.75) is 57.2 Å². The summed E-state index contributed by atoms with van der Waals surface area (Å²) in [5, 5.41) is 10.4. The Hall–Kier alpha value is -1.22. The van der Waals surface area contributed by atoms with Crippen LogP contribution in [0.3, 0.4) is 0 Å². The zero-order valence-electron chi connectivity index (χ0n) is 12.4. The molecule has 0 bridgehead atoms. The Kier molecular flexibility index (Phi) is 3.63. The fourth-order valence-electron chi connectivity index (χ4n) is 3.66. The lowest BCUT2D eigenvalue weighted by Gasteiger charge is -2.45. The van der Waals surface area contributed by atoms with Crippen molar-refractivity contribution >= 4 is 0 Å². The molecule has 0 saturated heterocycles. The number of methoxy groups -OCH3 is 1. The van der Waals surface area contributed by atoms with Gasteiger partial charge in [0.05, 0.1) is 13.2 Å². The summed E-state index contributed by atoms with van der Waals surface area (Å²) in [6, 6.07) is 5.71. The van der Waals surface area contributed by atoms with E-state index in [1.54, 1.807) is 7.11 Å². The van der Waals surface area contributed by atoms with Gasteiger partial charge in [-0.1, -0.05) is 13.3 Å². The number of hydrogen-bond donors (Lipinski definition) is 1. The second-order valence-corrected chi connectivity index (χ2v) is 6.26. The molecule has 1 aliphatic heterocycles. The standard InChI is InChI=1S/C17H24O3/c1-3-12-6-8-17(9-7-12)11-15(18)14-5-4-13(19-2)10-16(14)20-17/h4-5,10,12,15,18H,3,6-9,11H2,1-2H3/t12?,15-,17?/m0/s1. The van der Waals surface area contributed by atoms with Crippen LogP contribution in [0.5, 0.6) is 11.5 Å². The molecule has 1 aromatic rings. The van der Waals surface area contributed by atoms with Crippen molar-refractivity contribution in [1.29, 1.82) is 0 Å². The Bertz CT molecular complexity index is 475. The molecular formula is C17H24O3. The van der Waals surface area contributed by atoms with E-state index in [1.807, 2.05) is 18.2 Å². The average molecular weight is 276 g/mol. The Morgan fingerprint density at radius 3 is 2.75 bits per heavy atom. The normalized spacial score (nSPS) is 32.5. The first-order valence-corrected chi connectivity index (χ1v) is 7.71. The maximum Gasteiger partial charge on any atom is 0.129 e. The van der Waals surface area contributed by atoms with Crippen molar-refractivity contribution in [1.82, 2.24) is 0 Å². The van der Waals surface area contributed by atoms with Gasteiger partial charge < -0.3 is 14.6 Å². The van der Waals surface area contributed by atoms with Gasteiger partial charge in [-0.25, -0.2) is 0 Å². The third-order valence-electron chi connectivity index (χ3n) is 5.07. The molecule has 1 fully saturated rings. The number of rotatable bonds is 2. The summed E-state index contributed by atoms with van der Waals surface area (Å²) in [5.41, 5.74) is 0.735. The van der Waals surface area contributed by atoms with Crippen LogP contribution in [0.15, 0.2) is 18.2 Å². The van der Waals surface area contributed by atoms with E-state index < -0.39 is 6.10 Å². The van der Waals surface area contributed by atoms with Gasteiger partial charge in [-0.2, -0.15) is 0 Å². The smallest absolute Gasteiger partial charge is 0.129 e. The first-order chi connectivity index (χ1) is 9.65. The number of benzene rings is 1. The molecule has 3 heteroatoms.